The van der Waals surface area contributed by atoms with Gasteiger partial charge in [0.05, 0.1) is 32.5 Å². The second-order valence-electron chi connectivity index (χ2n) is 19.5. The average Bonchev–Trinajstić information content (AvgIpc) is 4.29. The van der Waals surface area contributed by atoms with Gasteiger partial charge in [0.1, 0.15) is 0 Å². The first-order valence-electron chi connectivity index (χ1n) is 25.6. The Morgan fingerprint density at radius 2 is 0.697 bits per heavy atom. The van der Waals surface area contributed by atoms with Gasteiger partial charge in [-0.15, -0.1) is 22.7 Å². The predicted octanol–water partition coefficient (Wildman–Crippen LogP) is 19.1. The van der Waals surface area contributed by atoms with Crippen molar-refractivity contribution in [3.05, 3.63) is 249 Å². The molecular weight excluding hydrogens is 963 g/mol. The van der Waals surface area contributed by atoms with Crippen molar-refractivity contribution < 1.29 is 0 Å². The van der Waals surface area contributed by atoms with Gasteiger partial charge in [0, 0.05) is 79.6 Å². The summed E-state index contributed by atoms with van der Waals surface area (Å²) in [6.07, 6.45) is 0. The number of fused-ring (bicyclic) bond motifs is 12. The molecule has 0 spiro atoms. The quantitative estimate of drug-likeness (QED) is 0.160. The number of rotatable bonds is 7. The zero-order valence-corrected chi connectivity index (χ0v) is 42.4. The first-order chi connectivity index (χ1) is 37.7. The Bertz CT molecular complexity index is 4930. The van der Waals surface area contributed by atoms with Crippen LogP contribution in [0.2, 0.25) is 0 Å². The molecule has 0 aliphatic heterocycles. The second-order valence-corrected chi connectivity index (χ2v) is 21.6. The molecule has 0 amide bonds. The molecule has 76 heavy (non-hydrogen) atoms. The number of nitrogens with zero attached hydrogens (tertiary/aromatic N) is 5. The largest absolute Gasteiger partial charge is 0.309 e. The lowest BCUT2D eigenvalue weighted by Crippen LogP contribution is -2.00. The number of para-hydroxylation sites is 3. The topological polar surface area (TPSA) is 48.5 Å². The molecule has 0 aliphatic carbocycles. The highest BCUT2D eigenvalue weighted by molar-refractivity contribution is 7.27. The first kappa shape index (κ1) is 42.9. The molecule has 7 heteroatoms. The molecule has 0 bridgehead atoms. The maximum Gasteiger partial charge on any atom is 0.165 e. The summed E-state index contributed by atoms with van der Waals surface area (Å²) in [5, 5.41) is 9.92. The van der Waals surface area contributed by atoms with Crippen LogP contribution in [-0.2, 0) is 0 Å². The standard InChI is InChI=1S/C69H41N5S2/c1-4-16-42(17-5-1)67-70-68(43-18-6-2-7-19-43)72-69(71-67)53-26-14-24-51-52-25-15-29-62(66(52)76-65(51)53)74-59-28-13-11-23-50(59)55-39-45(31-35-61(55)74)47-33-37-64-57(41-47)56-40-46(32-36-63(56)75-64)44-30-34-60-54(38-44)49-22-10-12-27-58(49)73(60)48-20-8-3-9-21-48/h1-41H. The SMILES string of the molecule is c1ccc(-c2nc(-c3ccccc3)nc(-c3cccc4c3sc3c(-n5c6ccccc6c6cc(-c7ccc8sc9ccc(-c%10ccc%11c(c%10)c%10ccccc%10n%11-c%10ccccc%10)cc9c8c7)ccc65)cccc34)n2)cc1. The fourth-order valence-electron chi connectivity index (χ4n) is 11.6. The molecule has 0 aliphatic rings. The fraction of sp³-hybridized carbons (Fsp3) is 0. The zero-order valence-electron chi connectivity index (χ0n) is 40.7. The van der Waals surface area contributed by atoms with E-state index in [1.807, 2.05) is 59.1 Å². The molecule has 354 valence electrons. The van der Waals surface area contributed by atoms with Crippen LogP contribution >= 0.6 is 22.7 Å². The third-order valence-electron chi connectivity index (χ3n) is 15.2. The van der Waals surface area contributed by atoms with Crippen molar-refractivity contribution >= 4 is 107 Å². The molecule has 0 unspecified atom stereocenters. The van der Waals surface area contributed by atoms with Gasteiger partial charge in [-0.3, -0.25) is 0 Å². The van der Waals surface area contributed by atoms with Crippen molar-refractivity contribution in [1.29, 1.82) is 0 Å². The van der Waals surface area contributed by atoms with Crippen LogP contribution in [0.4, 0.5) is 0 Å². The van der Waals surface area contributed by atoms with Crippen molar-refractivity contribution in [1.82, 2.24) is 24.1 Å². The van der Waals surface area contributed by atoms with Crippen LogP contribution in [0, 0.1) is 0 Å². The lowest BCUT2D eigenvalue weighted by molar-refractivity contribution is 1.08. The minimum atomic E-state index is 0.652. The molecule has 5 nitrogen and oxygen atoms in total. The highest BCUT2D eigenvalue weighted by Gasteiger charge is 2.21. The summed E-state index contributed by atoms with van der Waals surface area (Å²) in [6.45, 7) is 0. The maximum atomic E-state index is 5.16. The number of aromatic nitrogens is 5. The minimum absolute atomic E-state index is 0.652. The molecule has 0 fully saturated rings. The molecule has 5 aromatic heterocycles. The second kappa shape index (κ2) is 17.0. The normalized spacial score (nSPS) is 11.9. The lowest BCUT2D eigenvalue weighted by atomic mass is 9.98. The van der Waals surface area contributed by atoms with Gasteiger partial charge in [0.2, 0.25) is 0 Å². The fourth-order valence-corrected chi connectivity index (χ4v) is 14.0. The van der Waals surface area contributed by atoms with Crippen LogP contribution in [-0.4, -0.2) is 24.1 Å². The molecule has 5 heterocycles. The van der Waals surface area contributed by atoms with Crippen molar-refractivity contribution in [2.75, 3.05) is 0 Å². The Kier molecular flexibility index (Phi) is 9.61. The molecule has 16 aromatic rings. The Labute approximate surface area is 444 Å². The van der Waals surface area contributed by atoms with Gasteiger partial charge in [-0.25, -0.2) is 15.0 Å². The summed E-state index contributed by atoms with van der Waals surface area (Å²) in [7, 11) is 0. The van der Waals surface area contributed by atoms with Gasteiger partial charge in [-0.05, 0) is 107 Å². The summed E-state index contributed by atoms with van der Waals surface area (Å²) in [4.78, 5) is 15.3. The van der Waals surface area contributed by atoms with E-state index in [0.717, 1.165) is 27.1 Å². The Morgan fingerprint density at radius 1 is 0.263 bits per heavy atom. The van der Waals surface area contributed by atoms with Gasteiger partial charge in [-0.2, -0.15) is 0 Å². The van der Waals surface area contributed by atoms with Gasteiger partial charge >= 0.3 is 0 Å². The van der Waals surface area contributed by atoms with Crippen LogP contribution in [0.3, 0.4) is 0 Å². The molecule has 16 rings (SSSR count). The number of thiophene rings is 2. The van der Waals surface area contributed by atoms with Gasteiger partial charge < -0.3 is 9.13 Å². The van der Waals surface area contributed by atoms with Gasteiger partial charge in [-0.1, -0.05) is 164 Å². The third-order valence-corrected chi connectivity index (χ3v) is 17.6. The van der Waals surface area contributed by atoms with Crippen LogP contribution in [0.1, 0.15) is 0 Å². The van der Waals surface area contributed by atoms with Crippen LogP contribution in [0.5, 0.6) is 0 Å². The maximum absolute atomic E-state index is 5.16. The van der Waals surface area contributed by atoms with E-state index in [4.69, 9.17) is 15.0 Å². The van der Waals surface area contributed by atoms with Crippen molar-refractivity contribution in [3.63, 3.8) is 0 Å². The summed E-state index contributed by atoms with van der Waals surface area (Å²) in [6, 6.07) is 89.9. The number of hydrogen-bond acceptors (Lipinski definition) is 5. The molecule has 11 aromatic carbocycles. The summed E-state index contributed by atoms with van der Waals surface area (Å²) in [5.41, 5.74) is 14.8. The lowest BCUT2D eigenvalue weighted by Gasteiger charge is -2.10. The Morgan fingerprint density at radius 3 is 1.29 bits per heavy atom. The van der Waals surface area contributed by atoms with Crippen molar-refractivity contribution in [3.8, 4) is 67.8 Å². The van der Waals surface area contributed by atoms with Crippen LogP contribution in [0.25, 0.3) is 152 Å². The van der Waals surface area contributed by atoms with E-state index in [-0.39, 0.29) is 0 Å². The summed E-state index contributed by atoms with van der Waals surface area (Å²) < 4.78 is 9.78. The van der Waals surface area contributed by atoms with E-state index in [1.54, 1.807) is 0 Å². The molecule has 0 radical (unpaired) electrons. The average molecular weight is 1000 g/mol. The summed E-state index contributed by atoms with van der Waals surface area (Å²) >= 11 is 3.68. The highest BCUT2D eigenvalue weighted by atomic mass is 32.1. The minimum Gasteiger partial charge on any atom is -0.309 e. The smallest absolute Gasteiger partial charge is 0.165 e. The molecular formula is C69H41N5S2. The van der Waals surface area contributed by atoms with E-state index in [0.29, 0.717) is 17.5 Å². The van der Waals surface area contributed by atoms with Crippen molar-refractivity contribution in [2.45, 2.75) is 0 Å². The first-order valence-corrected chi connectivity index (χ1v) is 27.2. The summed E-state index contributed by atoms with van der Waals surface area (Å²) in [5.74, 6) is 1.96. The highest BCUT2D eigenvalue weighted by Crippen LogP contribution is 2.46. The Balaban J connectivity index is 0.805. The molecule has 0 atom stereocenters. The van der Waals surface area contributed by atoms with E-state index in [2.05, 4.69) is 221 Å². The predicted molar refractivity (Wildman–Crippen MR) is 321 cm³/mol. The van der Waals surface area contributed by atoms with Crippen LogP contribution < -0.4 is 0 Å². The molecule has 0 saturated heterocycles. The number of hydrogen-bond donors (Lipinski definition) is 0. The van der Waals surface area contributed by atoms with E-state index >= 15 is 0 Å². The van der Waals surface area contributed by atoms with E-state index < -0.39 is 0 Å². The van der Waals surface area contributed by atoms with E-state index in [9.17, 15) is 0 Å². The Hall–Kier alpha value is -9.53. The van der Waals surface area contributed by atoms with E-state index in [1.165, 1.54) is 107 Å². The van der Waals surface area contributed by atoms with Crippen molar-refractivity contribution in [2.24, 2.45) is 0 Å². The monoisotopic (exact) mass is 1000 g/mol. The number of benzene rings is 11. The van der Waals surface area contributed by atoms with Crippen LogP contribution in [0.15, 0.2) is 249 Å². The zero-order chi connectivity index (χ0) is 49.8. The van der Waals surface area contributed by atoms with Gasteiger partial charge in [0.25, 0.3) is 0 Å². The molecule has 0 saturated carbocycles. The molecule has 0 N–H and O–H groups in total. The third kappa shape index (κ3) is 6.73. The van der Waals surface area contributed by atoms with Gasteiger partial charge in [0.15, 0.2) is 17.5 Å².